The molecule has 2 rings (SSSR count). The van der Waals surface area contributed by atoms with Gasteiger partial charge in [0, 0.05) is 25.9 Å². The van der Waals surface area contributed by atoms with Crippen LogP contribution in [0.25, 0.3) is 0 Å². The molecule has 0 bridgehead atoms. The van der Waals surface area contributed by atoms with E-state index >= 15 is 0 Å². The Morgan fingerprint density at radius 1 is 1.26 bits per heavy atom. The summed E-state index contributed by atoms with van der Waals surface area (Å²) in [7, 11) is 1.47. The highest BCUT2D eigenvalue weighted by Gasteiger charge is 2.19. The van der Waals surface area contributed by atoms with E-state index in [0.29, 0.717) is 12.8 Å². The van der Waals surface area contributed by atoms with Crippen molar-refractivity contribution in [1.82, 2.24) is 14.9 Å². The van der Waals surface area contributed by atoms with Crippen molar-refractivity contribution in [3.63, 3.8) is 0 Å². The van der Waals surface area contributed by atoms with E-state index in [4.69, 9.17) is 0 Å². The van der Waals surface area contributed by atoms with E-state index in [0.717, 1.165) is 10.5 Å². The molecule has 98 valence electrons. The third-order valence-corrected chi connectivity index (χ3v) is 2.85. The van der Waals surface area contributed by atoms with Gasteiger partial charge in [-0.25, -0.2) is 4.98 Å². The van der Waals surface area contributed by atoms with Crippen LogP contribution in [0.1, 0.15) is 22.6 Å². The number of aromatic amines is 1. The zero-order valence-electron chi connectivity index (χ0n) is 10.7. The van der Waals surface area contributed by atoms with Crippen LogP contribution >= 0.6 is 0 Å². The number of H-pyrrole nitrogens is 1. The molecule has 1 N–H and O–H groups in total. The Hall–Kier alpha value is -2.43. The summed E-state index contributed by atoms with van der Waals surface area (Å²) in [6.07, 6.45) is 3.95. The second-order valence-electron chi connectivity index (χ2n) is 4.18. The first kappa shape index (κ1) is 13.0. The number of nitrogens with one attached hydrogen (secondary N) is 1. The molecular weight excluding hydrogens is 242 g/mol. The van der Waals surface area contributed by atoms with Crippen LogP contribution in [-0.2, 0) is 11.2 Å². The van der Waals surface area contributed by atoms with Crippen molar-refractivity contribution >= 4 is 11.8 Å². The van der Waals surface area contributed by atoms with E-state index in [2.05, 4.69) is 9.97 Å². The molecule has 0 spiro atoms. The van der Waals surface area contributed by atoms with Gasteiger partial charge in [0.05, 0.1) is 0 Å². The van der Waals surface area contributed by atoms with Crippen LogP contribution in [0.4, 0.5) is 0 Å². The van der Waals surface area contributed by atoms with Crippen LogP contribution in [0.15, 0.2) is 42.7 Å². The summed E-state index contributed by atoms with van der Waals surface area (Å²) >= 11 is 0. The van der Waals surface area contributed by atoms with Gasteiger partial charge in [-0.2, -0.15) is 0 Å². The molecule has 0 atom stereocenters. The third-order valence-electron chi connectivity index (χ3n) is 2.85. The molecule has 1 aromatic heterocycles. The van der Waals surface area contributed by atoms with E-state index in [9.17, 15) is 9.59 Å². The van der Waals surface area contributed by atoms with Gasteiger partial charge in [0.2, 0.25) is 5.91 Å². The van der Waals surface area contributed by atoms with E-state index in [-0.39, 0.29) is 11.7 Å². The van der Waals surface area contributed by atoms with Crippen molar-refractivity contribution < 1.29 is 9.59 Å². The van der Waals surface area contributed by atoms with Crippen LogP contribution in [0, 0.1) is 0 Å². The number of imide groups is 1. The molecule has 0 fully saturated rings. The van der Waals surface area contributed by atoms with Crippen LogP contribution in [0.3, 0.4) is 0 Å². The maximum absolute atomic E-state index is 11.9. The summed E-state index contributed by atoms with van der Waals surface area (Å²) in [4.78, 5) is 31.4. The molecule has 5 nitrogen and oxygen atoms in total. The highest BCUT2D eigenvalue weighted by molar-refractivity contribution is 6.02. The Kier molecular flexibility index (Phi) is 4.07. The number of carbonyl (C=O) groups excluding carboxylic acids is 2. The second-order valence-corrected chi connectivity index (χ2v) is 4.18. The Morgan fingerprint density at radius 2 is 2.00 bits per heavy atom. The number of nitrogens with zero attached hydrogens (tertiary/aromatic N) is 2. The summed E-state index contributed by atoms with van der Waals surface area (Å²) in [6, 6.07) is 9.70. The number of benzene rings is 1. The number of rotatable bonds is 4. The van der Waals surface area contributed by atoms with Gasteiger partial charge in [0.15, 0.2) is 5.82 Å². The topological polar surface area (TPSA) is 66.1 Å². The van der Waals surface area contributed by atoms with Gasteiger partial charge in [0.1, 0.15) is 0 Å². The van der Waals surface area contributed by atoms with Crippen molar-refractivity contribution in [3.8, 4) is 0 Å². The molecule has 1 heterocycles. The molecule has 2 amide bonds. The predicted molar refractivity (Wildman–Crippen MR) is 70.5 cm³/mol. The van der Waals surface area contributed by atoms with Gasteiger partial charge in [-0.05, 0) is 12.0 Å². The van der Waals surface area contributed by atoms with Crippen LogP contribution in [-0.4, -0.2) is 33.7 Å². The van der Waals surface area contributed by atoms with E-state index < -0.39 is 5.91 Å². The smallest absolute Gasteiger partial charge is 0.295 e. The van der Waals surface area contributed by atoms with Crippen molar-refractivity contribution in [2.24, 2.45) is 0 Å². The van der Waals surface area contributed by atoms with E-state index in [1.54, 1.807) is 6.20 Å². The van der Waals surface area contributed by atoms with Crippen LogP contribution in [0.5, 0.6) is 0 Å². The molecular formula is C14H15N3O2. The maximum Gasteiger partial charge on any atom is 0.295 e. The van der Waals surface area contributed by atoms with E-state index in [1.807, 2.05) is 30.3 Å². The number of aromatic nitrogens is 2. The minimum absolute atomic E-state index is 0.176. The minimum atomic E-state index is -0.414. The molecule has 0 saturated heterocycles. The molecule has 2 aromatic rings. The standard InChI is InChI=1S/C14H15N3O2/c1-17(14(19)13-15-9-10-16-13)12(18)8-7-11-5-3-2-4-6-11/h2-6,9-10H,7-8H2,1H3,(H,15,16). The zero-order valence-corrected chi connectivity index (χ0v) is 10.7. The van der Waals surface area contributed by atoms with Crippen molar-refractivity contribution in [2.75, 3.05) is 7.05 Å². The number of hydrogen-bond donors (Lipinski definition) is 1. The van der Waals surface area contributed by atoms with Gasteiger partial charge in [-0.15, -0.1) is 0 Å². The lowest BCUT2D eigenvalue weighted by Crippen LogP contribution is -2.34. The number of hydrogen-bond acceptors (Lipinski definition) is 3. The summed E-state index contributed by atoms with van der Waals surface area (Å²) in [5.74, 6) is -0.455. The lowest BCUT2D eigenvalue weighted by atomic mass is 10.1. The van der Waals surface area contributed by atoms with E-state index in [1.165, 1.54) is 13.2 Å². The fourth-order valence-electron chi connectivity index (χ4n) is 1.72. The van der Waals surface area contributed by atoms with Crippen LogP contribution in [0.2, 0.25) is 0 Å². The minimum Gasteiger partial charge on any atom is -0.341 e. The number of aryl methyl sites for hydroxylation is 1. The molecule has 0 aliphatic rings. The van der Waals surface area contributed by atoms with Crippen molar-refractivity contribution in [2.45, 2.75) is 12.8 Å². The Bertz CT molecular complexity index is 549. The van der Waals surface area contributed by atoms with Gasteiger partial charge in [0.25, 0.3) is 5.91 Å². The highest BCUT2D eigenvalue weighted by Crippen LogP contribution is 2.05. The maximum atomic E-state index is 11.9. The lowest BCUT2D eigenvalue weighted by Gasteiger charge is -2.13. The quantitative estimate of drug-likeness (QED) is 0.905. The molecule has 19 heavy (non-hydrogen) atoms. The number of carbonyl (C=O) groups is 2. The van der Waals surface area contributed by atoms with Crippen molar-refractivity contribution in [1.29, 1.82) is 0 Å². The normalized spacial score (nSPS) is 10.2. The Balaban J connectivity index is 1.91. The average Bonchev–Trinajstić information content (AvgIpc) is 2.98. The van der Waals surface area contributed by atoms with Gasteiger partial charge in [-0.1, -0.05) is 30.3 Å². The summed E-state index contributed by atoms with van der Waals surface area (Å²) in [6.45, 7) is 0. The van der Waals surface area contributed by atoms with Gasteiger partial charge >= 0.3 is 0 Å². The molecule has 5 heteroatoms. The first-order valence-electron chi connectivity index (χ1n) is 6.02. The van der Waals surface area contributed by atoms with Crippen molar-refractivity contribution in [3.05, 3.63) is 54.1 Å². The predicted octanol–water partition coefficient (Wildman–Crippen LogP) is 1.64. The summed E-state index contributed by atoms with van der Waals surface area (Å²) < 4.78 is 0. The zero-order chi connectivity index (χ0) is 13.7. The average molecular weight is 257 g/mol. The number of imidazole rings is 1. The highest BCUT2D eigenvalue weighted by atomic mass is 16.2. The third kappa shape index (κ3) is 3.28. The first-order valence-corrected chi connectivity index (χ1v) is 6.02. The molecule has 0 aliphatic heterocycles. The van der Waals surface area contributed by atoms with Gasteiger partial charge in [-0.3, -0.25) is 14.5 Å². The molecule has 0 radical (unpaired) electrons. The lowest BCUT2D eigenvalue weighted by molar-refractivity contribution is -0.127. The fourth-order valence-corrected chi connectivity index (χ4v) is 1.72. The SMILES string of the molecule is CN(C(=O)CCc1ccccc1)C(=O)c1ncc[nH]1. The first-order chi connectivity index (χ1) is 9.18. The Morgan fingerprint density at radius 3 is 2.63 bits per heavy atom. The largest absolute Gasteiger partial charge is 0.341 e. The second kappa shape index (κ2) is 5.95. The molecule has 1 aromatic carbocycles. The fraction of sp³-hybridized carbons (Fsp3) is 0.214. The monoisotopic (exact) mass is 257 g/mol. The van der Waals surface area contributed by atoms with Crippen LogP contribution < -0.4 is 0 Å². The molecule has 0 unspecified atom stereocenters. The molecule has 0 aliphatic carbocycles. The number of amides is 2. The molecule has 0 saturated carbocycles. The summed E-state index contributed by atoms with van der Waals surface area (Å²) in [5, 5.41) is 0. The van der Waals surface area contributed by atoms with Gasteiger partial charge < -0.3 is 4.98 Å². The summed E-state index contributed by atoms with van der Waals surface area (Å²) in [5.41, 5.74) is 1.08. The Labute approximate surface area is 111 Å².